The van der Waals surface area contributed by atoms with Crippen LogP contribution in [0, 0.1) is 0 Å². The maximum absolute atomic E-state index is 2.34. The lowest BCUT2D eigenvalue weighted by atomic mass is 9.85. The molecule has 86 heavy (non-hydrogen) atoms. The molecule has 0 aromatic heterocycles. The molecule has 0 bridgehead atoms. The summed E-state index contributed by atoms with van der Waals surface area (Å²) < 4.78 is 0. The first-order valence-electron chi connectivity index (χ1n) is 29.8. The normalized spacial score (nSPS) is 11.5. The lowest BCUT2D eigenvalue weighted by Gasteiger charge is -2.18. The largest absolute Gasteiger partial charge is 0.0616 e. The van der Waals surface area contributed by atoms with Crippen molar-refractivity contribution in [2.75, 3.05) is 0 Å². The van der Waals surface area contributed by atoms with Gasteiger partial charge in [0.1, 0.15) is 0 Å². The highest BCUT2D eigenvalue weighted by Crippen LogP contribution is 2.47. The molecule has 0 heteroatoms. The van der Waals surface area contributed by atoms with Crippen molar-refractivity contribution in [3.05, 3.63) is 340 Å². The van der Waals surface area contributed by atoms with Crippen LogP contribution in [0.15, 0.2) is 340 Å². The molecule has 0 saturated carbocycles. The average Bonchev–Trinajstić information content (AvgIpc) is 0.955. The first-order valence-corrected chi connectivity index (χ1v) is 29.8. The van der Waals surface area contributed by atoms with Gasteiger partial charge in [0.05, 0.1) is 0 Å². The van der Waals surface area contributed by atoms with Crippen LogP contribution in [0.25, 0.3) is 164 Å². The zero-order valence-electron chi connectivity index (χ0n) is 47.3. The molecule has 0 aliphatic rings. The summed E-state index contributed by atoms with van der Waals surface area (Å²) >= 11 is 0. The van der Waals surface area contributed by atoms with Crippen molar-refractivity contribution >= 4 is 86.2 Å². The molecule has 0 nitrogen and oxygen atoms in total. The van der Waals surface area contributed by atoms with Gasteiger partial charge in [-0.1, -0.05) is 328 Å². The van der Waals surface area contributed by atoms with Crippen molar-refractivity contribution in [3.8, 4) is 77.9 Å². The Morgan fingerprint density at radius 3 is 0.709 bits per heavy atom. The summed E-state index contributed by atoms with van der Waals surface area (Å²) in [5.74, 6) is 0. The molecule has 0 saturated heterocycles. The van der Waals surface area contributed by atoms with Gasteiger partial charge in [-0.25, -0.2) is 0 Å². The van der Waals surface area contributed by atoms with Crippen LogP contribution >= 0.6 is 0 Å². The monoisotopic (exact) mass is 1090 g/mol. The third-order valence-corrected chi connectivity index (χ3v) is 17.7. The molecule has 0 unspecified atom stereocenters. The Labute approximate surface area is 500 Å². The number of hydrogen-bond donors (Lipinski definition) is 0. The predicted molar refractivity (Wildman–Crippen MR) is 371 cm³/mol. The van der Waals surface area contributed by atoms with E-state index in [9.17, 15) is 0 Å². The maximum Gasteiger partial charge on any atom is -0.00262 e. The molecule has 0 aliphatic heterocycles. The van der Waals surface area contributed by atoms with Gasteiger partial charge in [-0.15, -0.1) is 0 Å². The minimum absolute atomic E-state index is 1.23. The molecule has 17 rings (SSSR count). The average molecular weight is 1090 g/mol. The van der Waals surface area contributed by atoms with E-state index in [0.29, 0.717) is 0 Å². The highest BCUT2D eigenvalue weighted by atomic mass is 14.2. The van der Waals surface area contributed by atoms with Crippen LogP contribution in [-0.4, -0.2) is 0 Å². The topological polar surface area (TPSA) is 0 Å². The van der Waals surface area contributed by atoms with Crippen LogP contribution in [-0.2, 0) is 0 Å². The molecule has 0 fully saturated rings. The Morgan fingerprint density at radius 2 is 0.349 bits per heavy atom. The highest BCUT2D eigenvalue weighted by Gasteiger charge is 2.19. The van der Waals surface area contributed by atoms with Gasteiger partial charge < -0.3 is 0 Å². The molecule has 0 aliphatic carbocycles. The first kappa shape index (κ1) is 50.5. The quantitative estimate of drug-likeness (QED) is 0.140. The van der Waals surface area contributed by atoms with Gasteiger partial charge in [-0.05, 0) is 176 Å². The lowest BCUT2D eigenvalue weighted by Crippen LogP contribution is -1.91. The fourth-order valence-electron chi connectivity index (χ4n) is 13.6. The van der Waals surface area contributed by atoms with E-state index in [0.717, 1.165) is 0 Å². The standard InChI is InChI=1S/C46H30.C40H26/c1-2-12-37-30-38(29-22-31(37)10-1)32-20-25-35(26-21-32)45-41-15-5-7-17-43(41)46(44-18-8-6-16-42(44)45)36-27-23-34(24-28-36)40-19-9-13-33-11-3-4-14-39(33)40;1-2-12-31-26-32(25-20-27(31)10-1)40-37-17-7-5-15-35(37)39(36-16-6-8-18-38(36)40)30-23-21-29(22-24-30)34-19-9-13-28-11-3-4-14-33(28)34/h1-30H;1-26H. The first-order chi connectivity index (χ1) is 42.7. The maximum atomic E-state index is 2.34. The van der Waals surface area contributed by atoms with Gasteiger partial charge in [0.25, 0.3) is 0 Å². The highest BCUT2D eigenvalue weighted by molar-refractivity contribution is 6.23. The second-order valence-corrected chi connectivity index (χ2v) is 22.6. The van der Waals surface area contributed by atoms with Crippen molar-refractivity contribution in [2.45, 2.75) is 0 Å². The fraction of sp³-hybridized carbons (Fsp3) is 0. The van der Waals surface area contributed by atoms with Crippen molar-refractivity contribution in [1.82, 2.24) is 0 Å². The van der Waals surface area contributed by atoms with Crippen molar-refractivity contribution in [2.24, 2.45) is 0 Å². The minimum Gasteiger partial charge on any atom is -0.0616 e. The Hall–Kier alpha value is -11.2. The summed E-state index contributed by atoms with van der Waals surface area (Å²) in [5.41, 5.74) is 17.6. The summed E-state index contributed by atoms with van der Waals surface area (Å²) in [5, 5.41) is 20.4. The second kappa shape index (κ2) is 21.5. The number of hydrogen-bond acceptors (Lipinski definition) is 0. The van der Waals surface area contributed by atoms with Crippen LogP contribution in [0.4, 0.5) is 0 Å². The van der Waals surface area contributed by atoms with Crippen molar-refractivity contribution in [3.63, 3.8) is 0 Å². The van der Waals surface area contributed by atoms with Crippen LogP contribution in [0.1, 0.15) is 0 Å². The van der Waals surface area contributed by atoms with Crippen LogP contribution < -0.4 is 0 Å². The summed E-state index contributed by atoms with van der Waals surface area (Å²) in [6.07, 6.45) is 0. The summed E-state index contributed by atoms with van der Waals surface area (Å²) in [6, 6.07) is 124. The molecule has 0 heterocycles. The van der Waals surface area contributed by atoms with Crippen molar-refractivity contribution in [1.29, 1.82) is 0 Å². The van der Waals surface area contributed by atoms with Crippen molar-refractivity contribution < 1.29 is 0 Å². The SMILES string of the molecule is c1ccc2cc(-c3c4ccccc4c(-c4ccc(-c5cccc6ccccc56)cc4)c4ccccc34)ccc2c1.c1ccc2cc(-c3ccc(-c4c5ccccc5c(-c5ccc(-c6cccc7ccccc67)cc5)c5ccccc45)cc3)ccc2c1. The number of rotatable bonds is 7. The van der Waals surface area contributed by atoms with Gasteiger partial charge in [-0.2, -0.15) is 0 Å². The number of fused-ring (bicyclic) bond motifs is 8. The van der Waals surface area contributed by atoms with Gasteiger partial charge in [0, 0.05) is 0 Å². The van der Waals surface area contributed by atoms with E-state index in [1.807, 2.05) is 0 Å². The zero-order chi connectivity index (χ0) is 56.9. The molecule has 17 aromatic rings. The van der Waals surface area contributed by atoms with E-state index in [1.54, 1.807) is 0 Å². The molecule has 0 radical (unpaired) electrons. The Bertz CT molecular complexity index is 5310. The smallest absolute Gasteiger partial charge is 0.00262 e. The second-order valence-electron chi connectivity index (χ2n) is 22.6. The van der Waals surface area contributed by atoms with E-state index in [-0.39, 0.29) is 0 Å². The predicted octanol–water partition coefficient (Wildman–Crippen LogP) is 24.3. The van der Waals surface area contributed by atoms with E-state index >= 15 is 0 Å². The van der Waals surface area contributed by atoms with E-state index in [4.69, 9.17) is 0 Å². The van der Waals surface area contributed by atoms with Gasteiger partial charge in [0.2, 0.25) is 0 Å². The molecule has 0 amide bonds. The molecule has 0 N–H and O–H groups in total. The van der Waals surface area contributed by atoms with Gasteiger partial charge >= 0.3 is 0 Å². The van der Waals surface area contributed by atoms with E-state index < -0.39 is 0 Å². The third kappa shape index (κ3) is 8.95. The Balaban J connectivity index is 0.000000141. The molecular formula is C86H56. The zero-order valence-corrected chi connectivity index (χ0v) is 47.3. The molecule has 0 spiro atoms. The molecule has 0 atom stereocenters. The van der Waals surface area contributed by atoms with Crippen LogP contribution in [0.5, 0.6) is 0 Å². The third-order valence-electron chi connectivity index (χ3n) is 17.7. The Kier molecular flexibility index (Phi) is 12.7. The van der Waals surface area contributed by atoms with E-state index in [1.165, 1.54) is 164 Å². The molecule has 400 valence electrons. The fourth-order valence-corrected chi connectivity index (χ4v) is 13.6. The Morgan fingerprint density at radius 1 is 0.116 bits per heavy atom. The van der Waals surface area contributed by atoms with Gasteiger partial charge in [-0.3, -0.25) is 0 Å². The summed E-state index contributed by atoms with van der Waals surface area (Å²) in [6.45, 7) is 0. The summed E-state index contributed by atoms with van der Waals surface area (Å²) in [7, 11) is 0. The molecule has 17 aromatic carbocycles. The summed E-state index contributed by atoms with van der Waals surface area (Å²) in [4.78, 5) is 0. The minimum atomic E-state index is 1.23. The van der Waals surface area contributed by atoms with E-state index in [2.05, 4.69) is 340 Å². The van der Waals surface area contributed by atoms with Gasteiger partial charge in [0.15, 0.2) is 0 Å². The van der Waals surface area contributed by atoms with Crippen LogP contribution in [0.2, 0.25) is 0 Å². The molecular weight excluding hydrogens is 1030 g/mol. The van der Waals surface area contributed by atoms with Crippen LogP contribution in [0.3, 0.4) is 0 Å². The lowest BCUT2D eigenvalue weighted by molar-refractivity contribution is 1.62. The number of benzene rings is 17.